The molecular weight excluding hydrogens is 431 g/mol. The molecule has 1 aliphatic rings. The van der Waals surface area contributed by atoms with Crippen LogP contribution in [-0.2, 0) is 9.59 Å². The van der Waals surface area contributed by atoms with Crippen LogP contribution in [0, 0.1) is 5.82 Å². The highest BCUT2D eigenvalue weighted by atomic mass is 32.2. The SMILES string of the molecule is O=C(CN1C(=O)S/C(=C\c2cccc(Oc3ccccc3)c2)C1=O)Nc1ccccc1F. The van der Waals surface area contributed by atoms with Crippen molar-refractivity contribution >= 4 is 40.6 Å². The van der Waals surface area contributed by atoms with Crippen LogP contribution >= 0.6 is 11.8 Å². The summed E-state index contributed by atoms with van der Waals surface area (Å²) in [5.74, 6) is -0.609. The number of imide groups is 1. The van der Waals surface area contributed by atoms with Crippen LogP contribution in [0.5, 0.6) is 11.5 Å². The average molecular weight is 448 g/mol. The summed E-state index contributed by atoms with van der Waals surface area (Å²) in [7, 11) is 0. The molecule has 1 N–H and O–H groups in total. The number of hydrogen-bond acceptors (Lipinski definition) is 5. The van der Waals surface area contributed by atoms with Gasteiger partial charge in [-0.1, -0.05) is 42.5 Å². The summed E-state index contributed by atoms with van der Waals surface area (Å²) < 4.78 is 19.5. The molecule has 32 heavy (non-hydrogen) atoms. The molecule has 0 saturated carbocycles. The Bertz CT molecular complexity index is 1210. The van der Waals surface area contributed by atoms with Gasteiger partial charge in [0, 0.05) is 0 Å². The zero-order valence-corrected chi connectivity index (χ0v) is 17.5. The standard InChI is InChI=1S/C24H17FN2O4S/c25-19-11-4-5-12-20(19)26-22(28)15-27-23(29)21(32-24(27)30)14-16-7-6-10-18(13-16)31-17-8-2-1-3-9-17/h1-14H,15H2,(H,26,28)/b21-14-. The molecule has 0 bridgehead atoms. The summed E-state index contributed by atoms with van der Waals surface area (Å²) >= 11 is 0.742. The molecule has 1 saturated heterocycles. The number of thioether (sulfide) groups is 1. The van der Waals surface area contributed by atoms with Crippen molar-refractivity contribution in [3.63, 3.8) is 0 Å². The van der Waals surface area contributed by atoms with Crippen LogP contribution in [0.3, 0.4) is 0 Å². The largest absolute Gasteiger partial charge is 0.457 e. The molecule has 1 fully saturated rings. The maximum absolute atomic E-state index is 13.7. The Labute approximate surface area is 187 Å². The molecule has 3 aromatic carbocycles. The lowest BCUT2D eigenvalue weighted by Crippen LogP contribution is -2.36. The smallest absolute Gasteiger partial charge is 0.294 e. The Morgan fingerprint density at radius 1 is 0.969 bits per heavy atom. The van der Waals surface area contributed by atoms with E-state index in [1.54, 1.807) is 36.4 Å². The molecule has 0 spiro atoms. The minimum Gasteiger partial charge on any atom is -0.457 e. The van der Waals surface area contributed by atoms with E-state index in [0.717, 1.165) is 16.7 Å². The van der Waals surface area contributed by atoms with Crippen molar-refractivity contribution in [3.8, 4) is 11.5 Å². The highest BCUT2D eigenvalue weighted by Gasteiger charge is 2.36. The number of carbonyl (C=O) groups is 3. The molecule has 3 aromatic rings. The molecular formula is C24H17FN2O4S. The van der Waals surface area contributed by atoms with E-state index in [0.29, 0.717) is 17.1 Å². The van der Waals surface area contributed by atoms with Gasteiger partial charge in [-0.3, -0.25) is 19.3 Å². The number of halogens is 1. The summed E-state index contributed by atoms with van der Waals surface area (Å²) in [6.45, 7) is -0.506. The first-order valence-electron chi connectivity index (χ1n) is 9.62. The van der Waals surface area contributed by atoms with Gasteiger partial charge in [-0.2, -0.15) is 0 Å². The van der Waals surface area contributed by atoms with Crippen LogP contribution in [0.15, 0.2) is 83.8 Å². The van der Waals surface area contributed by atoms with Crippen LogP contribution in [0.25, 0.3) is 6.08 Å². The van der Waals surface area contributed by atoms with Gasteiger partial charge in [-0.15, -0.1) is 0 Å². The molecule has 160 valence electrons. The van der Waals surface area contributed by atoms with Crippen LogP contribution in [0.2, 0.25) is 0 Å². The highest BCUT2D eigenvalue weighted by molar-refractivity contribution is 8.18. The molecule has 0 radical (unpaired) electrons. The van der Waals surface area contributed by atoms with Crippen molar-refractivity contribution in [1.82, 2.24) is 4.90 Å². The van der Waals surface area contributed by atoms with Gasteiger partial charge in [0.05, 0.1) is 10.6 Å². The average Bonchev–Trinajstić information content (AvgIpc) is 3.03. The van der Waals surface area contributed by atoms with Crippen LogP contribution < -0.4 is 10.1 Å². The van der Waals surface area contributed by atoms with Crippen LogP contribution in [0.4, 0.5) is 14.9 Å². The number of benzene rings is 3. The second-order valence-corrected chi connectivity index (χ2v) is 7.78. The first-order chi connectivity index (χ1) is 15.5. The second-order valence-electron chi connectivity index (χ2n) is 6.78. The number of hydrogen-bond donors (Lipinski definition) is 1. The third kappa shape index (κ3) is 5.04. The topological polar surface area (TPSA) is 75.7 Å². The fourth-order valence-electron chi connectivity index (χ4n) is 2.98. The van der Waals surface area contributed by atoms with E-state index in [9.17, 15) is 18.8 Å². The summed E-state index contributed by atoms with van der Waals surface area (Å²) in [5.41, 5.74) is 0.648. The first kappa shape index (κ1) is 21.3. The van der Waals surface area contributed by atoms with Crippen molar-refractivity contribution in [2.24, 2.45) is 0 Å². The van der Waals surface area contributed by atoms with Crippen molar-refractivity contribution in [3.05, 3.63) is 95.1 Å². The molecule has 8 heteroatoms. The van der Waals surface area contributed by atoms with Gasteiger partial charge in [0.15, 0.2) is 0 Å². The fourth-order valence-corrected chi connectivity index (χ4v) is 3.81. The number of para-hydroxylation sites is 2. The zero-order valence-electron chi connectivity index (χ0n) is 16.7. The summed E-state index contributed by atoms with van der Waals surface area (Å²) in [6, 6.07) is 22.0. The van der Waals surface area contributed by atoms with E-state index in [-0.39, 0.29) is 10.6 Å². The highest BCUT2D eigenvalue weighted by Crippen LogP contribution is 2.33. The molecule has 3 amide bonds. The fraction of sp³-hybridized carbons (Fsp3) is 0.0417. The third-order valence-electron chi connectivity index (χ3n) is 4.46. The predicted molar refractivity (Wildman–Crippen MR) is 121 cm³/mol. The predicted octanol–water partition coefficient (Wildman–Crippen LogP) is 5.29. The van der Waals surface area contributed by atoms with Gasteiger partial charge in [0.2, 0.25) is 5.91 Å². The summed E-state index contributed by atoms with van der Waals surface area (Å²) in [6.07, 6.45) is 1.57. The maximum atomic E-state index is 13.7. The quantitative estimate of drug-likeness (QED) is 0.519. The molecule has 0 atom stereocenters. The first-order valence-corrected chi connectivity index (χ1v) is 10.4. The van der Waals surface area contributed by atoms with E-state index in [4.69, 9.17) is 4.74 Å². The molecule has 0 aliphatic carbocycles. The minimum atomic E-state index is -0.670. The lowest BCUT2D eigenvalue weighted by Gasteiger charge is -2.12. The molecule has 0 unspecified atom stereocenters. The van der Waals surface area contributed by atoms with E-state index >= 15 is 0 Å². The van der Waals surface area contributed by atoms with E-state index in [1.807, 2.05) is 30.3 Å². The van der Waals surface area contributed by atoms with Gasteiger partial charge in [-0.25, -0.2) is 4.39 Å². The Morgan fingerprint density at radius 2 is 1.69 bits per heavy atom. The maximum Gasteiger partial charge on any atom is 0.294 e. The van der Waals surface area contributed by atoms with Gasteiger partial charge >= 0.3 is 0 Å². The number of ether oxygens (including phenoxy) is 1. The molecule has 6 nitrogen and oxygen atoms in total. The Kier molecular flexibility index (Phi) is 6.32. The zero-order chi connectivity index (χ0) is 22.5. The summed E-state index contributed by atoms with van der Waals surface area (Å²) in [5, 5.41) is 1.80. The van der Waals surface area contributed by atoms with Crippen molar-refractivity contribution in [2.75, 3.05) is 11.9 Å². The number of rotatable bonds is 6. The van der Waals surface area contributed by atoms with Crippen molar-refractivity contribution < 1.29 is 23.5 Å². The number of carbonyl (C=O) groups excluding carboxylic acids is 3. The van der Waals surface area contributed by atoms with E-state index in [2.05, 4.69) is 5.32 Å². The minimum absolute atomic E-state index is 0.0183. The molecule has 0 aromatic heterocycles. The van der Waals surface area contributed by atoms with E-state index in [1.165, 1.54) is 18.2 Å². The molecule has 1 aliphatic heterocycles. The van der Waals surface area contributed by atoms with Gasteiger partial charge in [-0.05, 0) is 59.8 Å². The number of nitrogens with one attached hydrogen (secondary N) is 1. The third-order valence-corrected chi connectivity index (χ3v) is 5.37. The van der Waals surface area contributed by atoms with Crippen LogP contribution in [-0.4, -0.2) is 28.5 Å². The van der Waals surface area contributed by atoms with Crippen molar-refractivity contribution in [1.29, 1.82) is 0 Å². The monoisotopic (exact) mass is 448 g/mol. The summed E-state index contributed by atoms with van der Waals surface area (Å²) in [4.78, 5) is 38.2. The Balaban J connectivity index is 1.45. The molecule has 4 rings (SSSR count). The van der Waals surface area contributed by atoms with Gasteiger partial charge in [0.25, 0.3) is 11.1 Å². The lowest BCUT2D eigenvalue weighted by molar-refractivity contribution is -0.127. The van der Waals surface area contributed by atoms with Crippen molar-refractivity contribution in [2.45, 2.75) is 0 Å². The molecule has 1 heterocycles. The van der Waals surface area contributed by atoms with E-state index < -0.39 is 29.4 Å². The van der Waals surface area contributed by atoms with Gasteiger partial charge < -0.3 is 10.1 Å². The normalized spacial score (nSPS) is 14.7. The van der Waals surface area contributed by atoms with Crippen LogP contribution in [0.1, 0.15) is 5.56 Å². The second kappa shape index (κ2) is 9.49. The Hall–Kier alpha value is -3.91. The number of amides is 3. The number of nitrogens with zero attached hydrogens (tertiary/aromatic N) is 1. The Morgan fingerprint density at radius 3 is 2.47 bits per heavy atom. The van der Waals surface area contributed by atoms with Gasteiger partial charge in [0.1, 0.15) is 23.9 Å². The lowest BCUT2D eigenvalue weighted by atomic mass is 10.2. The number of anilines is 1.